The molecule has 1 aromatic rings. The van der Waals surface area contributed by atoms with Gasteiger partial charge in [0.05, 0.1) is 0 Å². The van der Waals surface area contributed by atoms with Crippen LogP contribution in [0.2, 0.25) is 0 Å². The first kappa shape index (κ1) is 9.65. The molecule has 0 radical (unpaired) electrons. The van der Waals surface area contributed by atoms with E-state index in [9.17, 15) is 0 Å². The van der Waals surface area contributed by atoms with E-state index < -0.39 is 0 Å². The quantitative estimate of drug-likeness (QED) is 0.749. The Hall–Kier alpha value is -0.900. The predicted octanol–water partition coefficient (Wildman–Crippen LogP) is 2.67. The number of rotatable bonds is 4. The zero-order chi connectivity index (χ0) is 9.97. The van der Waals surface area contributed by atoms with Gasteiger partial charge < -0.3 is 10.3 Å². The van der Waals surface area contributed by atoms with E-state index in [0.29, 0.717) is 10.7 Å². The van der Waals surface area contributed by atoms with Crippen molar-refractivity contribution in [3.63, 3.8) is 0 Å². The number of aromatic nitrogens is 2. The van der Waals surface area contributed by atoms with Crippen molar-refractivity contribution in [1.82, 2.24) is 9.97 Å². The van der Waals surface area contributed by atoms with Gasteiger partial charge in [-0.2, -0.15) is 0 Å². The summed E-state index contributed by atoms with van der Waals surface area (Å²) in [4.78, 5) is 7.54. The van der Waals surface area contributed by atoms with Crippen LogP contribution in [-0.4, -0.2) is 16.0 Å². The van der Waals surface area contributed by atoms with E-state index in [1.807, 2.05) is 6.07 Å². The lowest BCUT2D eigenvalue weighted by Crippen LogP contribution is -2.05. The lowest BCUT2D eigenvalue weighted by atomic mass is 10.3. The lowest BCUT2D eigenvalue weighted by Gasteiger charge is -2.06. The number of hydrogen-bond acceptors (Lipinski definition) is 3. The van der Waals surface area contributed by atoms with Crippen LogP contribution < -0.4 is 5.32 Å². The number of anilines is 1. The monoisotopic (exact) mass is 209 g/mol. The van der Waals surface area contributed by atoms with Crippen LogP contribution in [0.15, 0.2) is 6.07 Å². The molecular formula is C10H15N3S. The van der Waals surface area contributed by atoms with Crippen molar-refractivity contribution >= 4 is 18.0 Å². The molecule has 0 aliphatic heterocycles. The van der Waals surface area contributed by atoms with E-state index in [2.05, 4.69) is 22.2 Å². The van der Waals surface area contributed by atoms with Crippen LogP contribution in [0.3, 0.4) is 0 Å². The number of aryl methyl sites for hydroxylation is 1. The van der Waals surface area contributed by atoms with Crippen molar-refractivity contribution in [3.8, 4) is 0 Å². The molecule has 2 rings (SSSR count). The van der Waals surface area contributed by atoms with Crippen LogP contribution in [0.1, 0.15) is 32.0 Å². The highest BCUT2D eigenvalue weighted by atomic mass is 32.1. The Balaban J connectivity index is 2.16. The highest BCUT2D eigenvalue weighted by Gasteiger charge is 2.21. The Morgan fingerprint density at radius 3 is 3.07 bits per heavy atom. The fourth-order valence-electron chi connectivity index (χ4n) is 1.39. The minimum absolute atomic E-state index is 0.650. The molecule has 1 aliphatic carbocycles. The minimum atomic E-state index is 0.650. The Kier molecular flexibility index (Phi) is 2.82. The molecule has 0 saturated heterocycles. The zero-order valence-corrected chi connectivity index (χ0v) is 9.16. The summed E-state index contributed by atoms with van der Waals surface area (Å²) in [5.41, 5.74) is 0. The van der Waals surface area contributed by atoms with Crippen LogP contribution in [0.5, 0.6) is 0 Å². The summed E-state index contributed by atoms with van der Waals surface area (Å²) in [6.45, 7) is 2.14. The summed E-state index contributed by atoms with van der Waals surface area (Å²) in [7, 11) is 0. The van der Waals surface area contributed by atoms with Gasteiger partial charge in [-0.25, -0.2) is 4.98 Å². The SMILES string of the molecule is CCCc1nc(=S)cc(NC2CC2)[nH]1. The topological polar surface area (TPSA) is 40.7 Å². The van der Waals surface area contributed by atoms with E-state index in [1.165, 1.54) is 12.8 Å². The third-order valence-electron chi connectivity index (χ3n) is 2.22. The van der Waals surface area contributed by atoms with E-state index in [-0.39, 0.29) is 0 Å². The zero-order valence-electron chi connectivity index (χ0n) is 8.34. The number of H-pyrrole nitrogens is 1. The molecule has 0 spiro atoms. The molecule has 1 aliphatic rings. The molecular weight excluding hydrogens is 194 g/mol. The van der Waals surface area contributed by atoms with Gasteiger partial charge in [0, 0.05) is 18.5 Å². The van der Waals surface area contributed by atoms with Crippen molar-refractivity contribution < 1.29 is 0 Å². The molecule has 0 amide bonds. The standard InChI is InChI=1S/C10H15N3S/c1-2-3-8-12-9(6-10(14)13-8)11-7-4-5-7/h6-7H,2-5H2,1H3,(H2,11,12,13,14). The fourth-order valence-corrected chi connectivity index (χ4v) is 1.62. The third-order valence-corrected chi connectivity index (χ3v) is 2.42. The molecule has 1 aromatic heterocycles. The summed E-state index contributed by atoms with van der Waals surface area (Å²) in [6.07, 6.45) is 4.59. The van der Waals surface area contributed by atoms with E-state index >= 15 is 0 Å². The number of nitrogens with zero attached hydrogens (tertiary/aromatic N) is 1. The van der Waals surface area contributed by atoms with E-state index in [4.69, 9.17) is 12.2 Å². The van der Waals surface area contributed by atoms with E-state index in [1.54, 1.807) is 0 Å². The first-order valence-electron chi connectivity index (χ1n) is 5.14. The van der Waals surface area contributed by atoms with Crippen LogP contribution in [0.4, 0.5) is 5.82 Å². The van der Waals surface area contributed by atoms with Crippen molar-refractivity contribution in [2.24, 2.45) is 0 Å². The van der Waals surface area contributed by atoms with E-state index in [0.717, 1.165) is 24.5 Å². The maximum Gasteiger partial charge on any atom is 0.131 e. The number of aromatic amines is 1. The molecule has 2 N–H and O–H groups in total. The molecule has 1 heterocycles. The Morgan fingerprint density at radius 2 is 2.43 bits per heavy atom. The Morgan fingerprint density at radius 1 is 1.64 bits per heavy atom. The van der Waals surface area contributed by atoms with Crippen LogP contribution in [-0.2, 0) is 6.42 Å². The smallest absolute Gasteiger partial charge is 0.131 e. The molecule has 1 saturated carbocycles. The largest absolute Gasteiger partial charge is 0.369 e. The van der Waals surface area contributed by atoms with Gasteiger partial charge in [0.2, 0.25) is 0 Å². The van der Waals surface area contributed by atoms with Gasteiger partial charge in [-0.3, -0.25) is 0 Å². The Labute approximate surface area is 89.0 Å². The molecule has 76 valence electrons. The summed E-state index contributed by atoms with van der Waals surface area (Å²) in [5, 5.41) is 3.39. The highest BCUT2D eigenvalue weighted by molar-refractivity contribution is 7.71. The van der Waals surface area contributed by atoms with Gasteiger partial charge in [0.15, 0.2) is 0 Å². The van der Waals surface area contributed by atoms with Crippen molar-refractivity contribution in [3.05, 3.63) is 16.5 Å². The number of nitrogens with one attached hydrogen (secondary N) is 2. The molecule has 4 heteroatoms. The lowest BCUT2D eigenvalue weighted by molar-refractivity contribution is 0.830. The molecule has 0 aromatic carbocycles. The maximum atomic E-state index is 5.10. The summed E-state index contributed by atoms with van der Waals surface area (Å²) >= 11 is 5.10. The Bertz CT molecular complexity index is 368. The first-order chi connectivity index (χ1) is 6.78. The molecule has 14 heavy (non-hydrogen) atoms. The number of hydrogen-bond donors (Lipinski definition) is 2. The second-order valence-electron chi connectivity index (χ2n) is 3.75. The van der Waals surface area contributed by atoms with Crippen molar-refractivity contribution in [2.75, 3.05) is 5.32 Å². The molecule has 3 nitrogen and oxygen atoms in total. The average molecular weight is 209 g/mol. The molecule has 0 bridgehead atoms. The van der Waals surface area contributed by atoms with Crippen LogP contribution in [0, 0.1) is 4.64 Å². The van der Waals surface area contributed by atoms with Gasteiger partial charge in [-0.05, 0) is 19.3 Å². The average Bonchev–Trinajstić information content (AvgIpc) is 2.87. The maximum absolute atomic E-state index is 5.10. The second-order valence-corrected chi connectivity index (χ2v) is 4.17. The van der Waals surface area contributed by atoms with Gasteiger partial charge in [0.1, 0.15) is 16.3 Å². The second kappa shape index (κ2) is 4.09. The highest BCUT2D eigenvalue weighted by Crippen LogP contribution is 2.23. The van der Waals surface area contributed by atoms with Crippen LogP contribution in [0.25, 0.3) is 0 Å². The summed E-state index contributed by atoms with van der Waals surface area (Å²) in [5.74, 6) is 2.01. The summed E-state index contributed by atoms with van der Waals surface area (Å²) in [6, 6.07) is 2.55. The van der Waals surface area contributed by atoms with Gasteiger partial charge in [-0.15, -0.1) is 0 Å². The molecule has 0 atom stereocenters. The van der Waals surface area contributed by atoms with Crippen molar-refractivity contribution in [1.29, 1.82) is 0 Å². The van der Waals surface area contributed by atoms with Gasteiger partial charge in [0.25, 0.3) is 0 Å². The fraction of sp³-hybridized carbons (Fsp3) is 0.600. The van der Waals surface area contributed by atoms with Crippen molar-refractivity contribution in [2.45, 2.75) is 38.6 Å². The van der Waals surface area contributed by atoms with Crippen LogP contribution >= 0.6 is 12.2 Å². The van der Waals surface area contributed by atoms with Gasteiger partial charge in [-0.1, -0.05) is 19.1 Å². The normalized spacial score (nSPS) is 15.5. The van der Waals surface area contributed by atoms with Gasteiger partial charge >= 0.3 is 0 Å². The minimum Gasteiger partial charge on any atom is -0.369 e. The predicted molar refractivity (Wildman–Crippen MR) is 60.1 cm³/mol. The summed E-state index contributed by atoms with van der Waals surface area (Å²) < 4.78 is 0.676. The first-order valence-corrected chi connectivity index (χ1v) is 5.55. The molecule has 0 unspecified atom stereocenters. The molecule has 1 fully saturated rings. The third kappa shape index (κ3) is 2.54.